The third-order valence-corrected chi connectivity index (χ3v) is 6.17. The van der Waals surface area contributed by atoms with Crippen molar-refractivity contribution in [3.8, 4) is 22.8 Å². The van der Waals surface area contributed by atoms with Crippen molar-refractivity contribution in [1.29, 1.82) is 0 Å². The lowest BCUT2D eigenvalue weighted by atomic mass is 10.1. The highest BCUT2D eigenvalue weighted by molar-refractivity contribution is 14.1. The van der Waals surface area contributed by atoms with Crippen LogP contribution in [0.25, 0.3) is 42.9 Å². The molecule has 0 fully saturated rings. The van der Waals surface area contributed by atoms with E-state index in [1.807, 2.05) is 12.1 Å². The lowest BCUT2D eigenvalue weighted by Crippen LogP contribution is -1.95. The molecule has 0 bridgehead atoms. The predicted molar refractivity (Wildman–Crippen MR) is 116 cm³/mol. The first-order chi connectivity index (χ1) is 12.8. The molecule has 5 rings (SSSR count). The molecule has 0 aliphatic rings. The largest absolute Gasteiger partial charge is 0.217 e. The molecule has 26 heavy (non-hydrogen) atoms. The fourth-order valence-electron chi connectivity index (χ4n) is 3.13. The van der Waals surface area contributed by atoms with Crippen LogP contribution < -0.4 is 0 Å². The Morgan fingerprint density at radius 2 is 1.50 bits per heavy atom. The molecule has 0 unspecified atom stereocenters. The van der Waals surface area contributed by atoms with Crippen LogP contribution in [0.5, 0.6) is 0 Å². The number of benzene rings is 3. The van der Waals surface area contributed by atoms with Crippen molar-refractivity contribution in [2.75, 3.05) is 0 Å². The molecule has 0 aliphatic carbocycles. The minimum absolute atomic E-state index is 0.697. The van der Waals surface area contributed by atoms with Crippen LogP contribution in [0.3, 0.4) is 0 Å². The monoisotopic (exact) mass is 465 g/mol. The van der Waals surface area contributed by atoms with Gasteiger partial charge in [0.25, 0.3) is 0 Å². The van der Waals surface area contributed by atoms with Crippen LogP contribution >= 0.6 is 33.9 Å². The summed E-state index contributed by atoms with van der Waals surface area (Å²) in [5.74, 6) is 1.41. The molecule has 3 nitrogen and oxygen atoms in total. The van der Waals surface area contributed by atoms with E-state index in [0.29, 0.717) is 11.6 Å². The lowest BCUT2D eigenvalue weighted by Gasteiger charge is -2.05. The Kier molecular flexibility index (Phi) is 3.90. The van der Waals surface area contributed by atoms with Gasteiger partial charge < -0.3 is 0 Å². The lowest BCUT2D eigenvalue weighted by molar-refractivity contribution is 1.07. The Labute approximate surface area is 167 Å². The molecule has 2 aromatic heterocycles. The van der Waals surface area contributed by atoms with Gasteiger partial charge in [-0.05, 0) is 46.9 Å². The molecule has 0 spiro atoms. The summed E-state index contributed by atoms with van der Waals surface area (Å²) in [7, 11) is 0. The number of aromatic nitrogens is 3. The Balaban J connectivity index is 1.73. The highest BCUT2D eigenvalue weighted by atomic mass is 127. The molecule has 5 aromatic rings. The molecule has 124 valence electrons. The number of fused-ring (bicyclic) bond motifs is 3. The summed E-state index contributed by atoms with van der Waals surface area (Å²) in [5, 5.41) is 2.46. The van der Waals surface area contributed by atoms with E-state index in [1.54, 1.807) is 17.7 Å². The molecular weight excluding hydrogens is 453 g/mol. The maximum atomic E-state index is 4.76. The van der Waals surface area contributed by atoms with Gasteiger partial charge in [0, 0.05) is 34.9 Å². The maximum absolute atomic E-state index is 4.76. The van der Waals surface area contributed by atoms with E-state index < -0.39 is 0 Å². The Bertz CT molecular complexity index is 1250. The van der Waals surface area contributed by atoms with Gasteiger partial charge in [0.05, 0.1) is 0 Å². The van der Waals surface area contributed by atoms with Crippen molar-refractivity contribution in [2.24, 2.45) is 0 Å². The van der Waals surface area contributed by atoms with Gasteiger partial charge in [-0.3, -0.25) is 0 Å². The van der Waals surface area contributed by atoms with Gasteiger partial charge in [0.2, 0.25) is 0 Å². The van der Waals surface area contributed by atoms with Crippen molar-refractivity contribution < 1.29 is 0 Å². The molecule has 0 N–H and O–H groups in total. The van der Waals surface area contributed by atoms with Crippen LogP contribution in [0.15, 0.2) is 73.1 Å². The zero-order valence-electron chi connectivity index (χ0n) is 13.6. The number of nitrogens with zero attached hydrogens (tertiary/aromatic N) is 3. The second-order valence-corrected chi connectivity index (χ2v) is 8.25. The summed E-state index contributed by atoms with van der Waals surface area (Å²) in [6, 6.07) is 23.0. The SMILES string of the molecule is Ic1ccc(-c2ncnc(-c3cccc4sc5ccccc5c34)n2)cc1. The minimum Gasteiger partial charge on any atom is -0.217 e. The Morgan fingerprint density at radius 3 is 2.38 bits per heavy atom. The molecule has 0 radical (unpaired) electrons. The first kappa shape index (κ1) is 15.8. The van der Waals surface area contributed by atoms with Gasteiger partial charge in [0.1, 0.15) is 6.33 Å². The van der Waals surface area contributed by atoms with Crippen LogP contribution in [-0.2, 0) is 0 Å². The van der Waals surface area contributed by atoms with E-state index in [2.05, 4.69) is 87.2 Å². The minimum atomic E-state index is 0.697. The highest BCUT2D eigenvalue weighted by Gasteiger charge is 2.13. The number of halogens is 1. The van der Waals surface area contributed by atoms with Gasteiger partial charge in [0.15, 0.2) is 11.6 Å². The third kappa shape index (κ3) is 2.68. The topological polar surface area (TPSA) is 38.7 Å². The van der Waals surface area contributed by atoms with Crippen molar-refractivity contribution in [2.45, 2.75) is 0 Å². The average molecular weight is 465 g/mol. The van der Waals surface area contributed by atoms with E-state index in [1.165, 1.54) is 23.7 Å². The van der Waals surface area contributed by atoms with E-state index in [-0.39, 0.29) is 0 Å². The average Bonchev–Trinajstić information content (AvgIpc) is 3.07. The Morgan fingerprint density at radius 1 is 0.731 bits per heavy atom. The summed E-state index contributed by atoms with van der Waals surface area (Å²) in [5.41, 5.74) is 2.05. The second kappa shape index (κ2) is 6.41. The summed E-state index contributed by atoms with van der Waals surface area (Å²) in [6.45, 7) is 0. The molecule has 5 heteroatoms. The molecule has 3 aromatic carbocycles. The number of hydrogen-bond donors (Lipinski definition) is 0. The first-order valence-corrected chi connectivity index (χ1v) is 10.0. The first-order valence-electron chi connectivity index (χ1n) is 8.15. The molecule has 0 aliphatic heterocycles. The normalized spacial score (nSPS) is 11.3. The van der Waals surface area contributed by atoms with Gasteiger partial charge in [-0.1, -0.05) is 42.5 Å². The van der Waals surface area contributed by atoms with Crippen molar-refractivity contribution in [3.05, 3.63) is 76.6 Å². The smallest absolute Gasteiger partial charge is 0.164 e. The highest BCUT2D eigenvalue weighted by Crippen LogP contribution is 2.38. The fraction of sp³-hybridized carbons (Fsp3) is 0. The molecule has 2 heterocycles. The van der Waals surface area contributed by atoms with Gasteiger partial charge >= 0.3 is 0 Å². The molecule has 0 atom stereocenters. The van der Waals surface area contributed by atoms with E-state index in [4.69, 9.17) is 4.98 Å². The molecule has 0 amide bonds. The predicted octanol–water partition coefficient (Wildman–Crippen LogP) is 6.18. The summed E-state index contributed by atoms with van der Waals surface area (Å²) >= 11 is 4.10. The fourth-order valence-corrected chi connectivity index (χ4v) is 4.62. The summed E-state index contributed by atoms with van der Waals surface area (Å²) < 4.78 is 3.72. The molecule has 0 saturated heterocycles. The van der Waals surface area contributed by atoms with Crippen LogP contribution in [-0.4, -0.2) is 15.0 Å². The summed E-state index contributed by atoms with van der Waals surface area (Å²) in [4.78, 5) is 13.6. The van der Waals surface area contributed by atoms with Gasteiger partial charge in [-0.2, -0.15) is 0 Å². The standard InChI is InChI=1S/C21H12IN3S/c22-14-10-8-13(9-11-14)20-23-12-24-21(25-20)16-5-3-7-18-19(16)15-4-1-2-6-17(15)26-18/h1-12H. The number of thiophene rings is 1. The second-order valence-electron chi connectivity index (χ2n) is 5.92. The van der Waals surface area contributed by atoms with Crippen molar-refractivity contribution in [3.63, 3.8) is 0 Å². The van der Waals surface area contributed by atoms with Crippen LogP contribution in [0, 0.1) is 3.57 Å². The summed E-state index contributed by atoms with van der Waals surface area (Å²) in [6.07, 6.45) is 1.60. The van der Waals surface area contributed by atoms with E-state index >= 15 is 0 Å². The van der Waals surface area contributed by atoms with Crippen molar-refractivity contribution >= 4 is 54.1 Å². The zero-order chi connectivity index (χ0) is 17.5. The van der Waals surface area contributed by atoms with Crippen LogP contribution in [0.4, 0.5) is 0 Å². The molecular formula is C21H12IN3S. The number of hydrogen-bond acceptors (Lipinski definition) is 4. The van der Waals surface area contributed by atoms with Crippen LogP contribution in [0.1, 0.15) is 0 Å². The Hall–Kier alpha value is -2.38. The molecule has 0 saturated carbocycles. The van der Waals surface area contributed by atoms with E-state index in [0.717, 1.165) is 11.1 Å². The van der Waals surface area contributed by atoms with Gasteiger partial charge in [-0.15, -0.1) is 11.3 Å². The quantitative estimate of drug-likeness (QED) is 0.293. The van der Waals surface area contributed by atoms with Crippen LogP contribution in [0.2, 0.25) is 0 Å². The maximum Gasteiger partial charge on any atom is 0.164 e. The third-order valence-electron chi connectivity index (χ3n) is 4.32. The zero-order valence-corrected chi connectivity index (χ0v) is 16.5. The number of rotatable bonds is 2. The van der Waals surface area contributed by atoms with Crippen molar-refractivity contribution in [1.82, 2.24) is 15.0 Å². The van der Waals surface area contributed by atoms with E-state index in [9.17, 15) is 0 Å². The van der Waals surface area contributed by atoms with Gasteiger partial charge in [-0.25, -0.2) is 15.0 Å².